The number of aliphatic hydroxyl groups is 1. The molecule has 4 heteroatoms. The van der Waals surface area contributed by atoms with Crippen LogP contribution >= 0.6 is 11.6 Å². The van der Waals surface area contributed by atoms with Gasteiger partial charge in [-0.3, -0.25) is 0 Å². The van der Waals surface area contributed by atoms with Crippen molar-refractivity contribution in [3.8, 4) is 0 Å². The van der Waals surface area contributed by atoms with Gasteiger partial charge in [0.15, 0.2) is 0 Å². The van der Waals surface area contributed by atoms with Gasteiger partial charge in [-0.25, -0.2) is 4.39 Å². The minimum Gasteiger partial charge on any atom is -0.394 e. The second kappa shape index (κ2) is 3.85. The summed E-state index contributed by atoms with van der Waals surface area (Å²) in [6.45, 7) is 2.95. The average Bonchev–Trinajstić information content (AvgIpc) is 2.12. The molecule has 1 aromatic carbocycles. The monoisotopic (exact) mass is 217 g/mol. The van der Waals surface area contributed by atoms with E-state index in [2.05, 4.69) is 0 Å². The molecule has 0 spiro atoms. The second-order valence-electron chi connectivity index (χ2n) is 3.63. The van der Waals surface area contributed by atoms with Gasteiger partial charge in [0.1, 0.15) is 5.82 Å². The van der Waals surface area contributed by atoms with Gasteiger partial charge in [0, 0.05) is 5.56 Å². The molecule has 0 fully saturated rings. The molecule has 78 valence electrons. The van der Waals surface area contributed by atoms with Gasteiger partial charge in [-0.05, 0) is 25.5 Å². The number of aryl methyl sites for hydroxylation is 1. The molecule has 2 nitrogen and oxygen atoms in total. The van der Waals surface area contributed by atoms with Crippen LogP contribution in [0.2, 0.25) is 5.02 Å². The molecule has 0 saturated heterocycles. The summed E-state index contributed by atoms with van der Waals surface area (Å²) >= 11 is 5.93. The molecule has 0 amide bonds. The summed E-state index contributed by atoms with van der Waals surface area (Å²) in [7, 11) is 0. The molecule has 0 aliphatic heterocycles. The highest BCUT2D eigenvalue weighted by Crippen LogP contribution is 2.30. The third-order valence-corrected chi connectivity index (χ3v) is 2.67. The molecule has 14 heavy (non-hydrogen) atoms. The van der Waals surface area contributed by atoms with E-state index in [0.717, 1.165) is 5.56 Å². The van der Waals surface area contributed by atoms with Gasteiger partial charge in [-0.1, -0.05) is 17.7 Å². The van der Waals surface area contributed by atoms with Crippen molar-refractivity contribution in [2.24, 2.45) is 5.73 Å². The summed E-state index contributed by atoms with van der Waals surface area (Å²) < 4.78 is 13.4. The van der Waals surface area contributed by atoms with Gasteiger partial charge in [0.25, 0.3) is 0 Å². The van der Waals surface area contributed by atoms with Crippen LogP contribution in [0.1, 0.15) is 18.1 Å². The summed E-state index contributed by atoms with van der Waals surface area (Å²) in [5.74, 6) is -0.486. The Morgan fingerprint density at radius 1 is 1.57 bits per heavy atom. The molecular formula is C10H13ClFNO. The molecule has 0 aromatic heterocycles. The van der Waals surface area contributed by atoms with Gasteiger partial charge in [0.05, 0.1) is 17.2 Å². The molecular weight excluding hydrogens is 205 g/mol. The van der Waals surface area contributed by atoms with Crippen molar-refractivity contribution in [1.82, 2.24) is 0 Å². The van der Waals surface area contributed by atoms with E-state index in [9.17, 15) is 4.39 Å². The molecule has 1 aromatic rings. The third-order valence-electron chi connectivity index (χ3n) is 2.18. The SMILES string of the molecule is Cc1ccc(F)c(C(C)(N)CO)c1Cl. The van der Waals surface area contributed by atoms with Crippen LogP contribution in [0.25, 0.3) is 0 Å². The Balaban J connectivity index is 3.40. The maximum Gasteiger partial charge on any atom is 0.129 e. The zero-order valence-electron chi connectivity index (χ0n) is 8.14. The number of hydrogen-bond acceptors (Lipinski definition) is 2. The van der Waals surface area contributed by atoms with E-state index in [1.807, 2.05) is 0 Å². The predicted octanol–water partition coefficient (Wildman–Crippen LogP) is 1.95. The first kappa shape index (κ1) is 11.4. The number of hydrogen-bond donors (Lipinski definition) is 2. The van der Waals surface area contributed by atoms with Crippen LogP contribution in [0.3, 0.4) is 0 Å². The molecule has 3 N–H and O–H groups in total. The quantitative estimate of drug-likeness (QED) is 0.796. The van der Waals surface area contributed by atoms with Crippen molar-refractivity contribution in [3.63, 3.8) is 0 Å². The van der Waals surface area contributed by atoms with E-state index in [4.69, 9.17) is 22.4 Å². The van der Waals surface area contributed by atoms with Crippen LogP contribution in [0.5, 0.6) is 0 Å². The molecule has 1 unspecified atom stereocenters. The third kappa shape index (κ3) is 1.90. The van der Waals surface area contributed by atoms with Crippen LogP contribution in [0, 0.1) is 12.7 Å². The lowest BCUT2D eigenvalue weighted by Gasteiger charge is -2.24. The Labute approximate surface area is 87.5 Å². The number of halogens is 2. The predicted molar refractivity (Wildman–Crippen MR) is 54.8 cm³/mol. The minimum absolute atomic E-state index is 0.168. The fraction of sp³-hybridized carbons (Fsp3) is 0.400. The maximum atomic E-state index is 13.4. The van der Waals surface area contributed by atoms with E-state index < -0.39 is 11.4 Å². The topological polar surface area (TPSA) is 46.2 Å². The normalized spacial score (nSPS) is 15.3. The average molecular weight is 218 g/mol. The van der Waals surface area contributed by atoms with Crippen molar-refractivity contribution in [3.05, 3.63) is 34.1 Å². The second-order valence-corrected chi connectivity index (χ2v) is 4.01. The van der Waals surface area contributed by atoms with Crippen LogP contribution in [-0.4, -0.2) is 11.7 Å². The zero-order chi connectivity index (χ0) is 10.9. The Kier molecular flexibility index (Phi) is 3.14. The highest BCUT2D eigenvalue weighted by molar-refractivity contribution is 6.32. The first-order valence-corrected chi connectivity index (χ1v) is 4.63. The summed E-state index contributed by atoms with van der Waals surface area (Å²) in [5.41, 5.74) is 5.50. The summed E-state index contributed by atoms with van der Waals surface area (Å²) in [6.07, 6.45) is 0. The summed E-state index contributed by atoms with van der Waals surface area (Å²) in [5, 5.41) is 9.32. The molecule has 1 rings (SSSR count). The lowest BCUT2D eigenvalue weighted by atomic mass is 9.92. The van der Waals surface area contributed by atoms with Crippen molar-refractivity contribution in [2.45, 2.75) is 19.4 Å². The minimum atomic E-state index is -1.15. The van der Waals surface area contributed by atoms with Crippen molar-refractivity contribution < 1.29 is 9.50 Å². The number of nitrogens with two attached hydrogens (primary N) is 1. The van der Waals surface area contributed by atoms with E-state index in [0.29, 0.717) is 0 Å². The van der Waals surface area contributed by atoms with Crippen LogP contribution in [0.4, 0.5) is 4.39 Å². The van der Waals surface area contributed by atoms with Gasteiger partial charge in [0.2, 0.25) is 0 Å². The number of benzene rings is 1. The van der Waals surface area contributed by atoms with Crippen LogP contribution in [0.15, 0.2) is 12.1 Å². The fourth-order valence-corrected chi connectivity index (χ4v) is 1.63. The number of aliphatic hydroxyl groups excluding tert-OH is 1. The molecule has 0 bridgehead atoms. The van der Waals surface area contributed by atoms with Gasteiger partial charge in [-0.15, -0.1) is 0 Å². The molecule has 0 radical (unpaired) electrons. The molecule has 0 aliphatic carbocycles. The largest absolute Gasteiger partial charge is 0.394 e. The molecule has 0 aliphatic rings. The van der Waals surface area contributed by atoms with E-state index in [1.54, 1.807) is 13.0 Å². The molecule has 1 atom stereocenters. The Bertz CT molecular complexity index is 352. The Morgan fingerprint density at radius 3 is 2.64 bits per heavy atom. The highest BCUT2D eigenvalue weighted by atomic mass is 35.5. The van der Waals surface area contributed by atoms with Crippen molar-refractivity contribution in [1.29, 1.82) is 0 Å². The van der Waals surface area contributed by atoms with E-state index in [1.165, 1.54) is 13.0 Å². The zero-order valence-corrected chi connectivity index (χ0v) is 8.90. The van der Waals surface area contributed by atoms with Crippen molar-refractivity contribution >= 4 is 11.6 Å². The van der Waals surface area contributed by atoms with Crippen LogP contribution < -0.4 is 5.73 Å². The lowest BCUT2D eigenvalue weighted by molar-refractivity contribution is 0.206. The first-order chi connectivity index (χ1) is 6.40. The molecule has 0 saturated carbocycles. The van der Waals surface area contributed by atoms with Gasteiger partial charge in [-0.2, -0.15) is 0 Å². The summed E-state index contributed by atoms with van der Waals surface area (Å²) in [4.78, 5) is 0. The van der Waals surface area contributed by atoms with E-state index >= 15 is 0 Å². The maximum absolute atomic E-state index is 13.4. The Morgan fingerprint density at radius 2 is 2.14 bits per heavy atom. The Hall–Kier alpha value is -0.640. The van der Waals surface area contributed by atoms with Gasteiger partial charge < -0.3 is 10.8 Å². The summed E-state index contributed by atoms with van der Waals surface area (Å²) in [6, 6.07) is 2.88. The van der Waals surface area contributed by atoms with Gasteiger partial charge >= 0.3 is 0 Å². The standard InChI is InChI=1S/C10H13ClFNO/c1-6-3-4-7(12)8(9(6)11)10(2,13)5-14/h3-4,14H,5,13H2,1-2H3. The van der Waals surface area contributed by atoms with Crippen molar-refractivity contribution in [2.75, 3.05) is 6.61 Å². The lowest BCUT2D eigenvalue weighted by Crippen LogP contribution is -2.38. The van der Waals surface area contributed by atoms with E-state index in [-0.39, 0.29) is 17.2 Å². The fourth-order valence-electron chi connectivity index (χ4n) is 1.26. The van der Waals surface area contributed by atoms with Crippen LogP contribution in [-0.2, 0) is 5.54 Å². The highest BCUT2D eigenvalue weighted by Gasteiger charge is 2.27. The smallest absolute Gasteiger partial charge is 0.129 e. The first-order valence-electron chi connectivity index (χ1n) is 4.25. The molecule has 0 heterocycles. The number of rotatable bonds is 2.